The van der Waals surface area contributed by atoms with Gasteiger partial charge in [0.15, 0.2) is 0 Å². The largest absolute Gasteiger partial charge is 0.377 e. The van der Waals surface area contributed by atoms with Gasteiger partial charge in [0.2, 0.25) is 0 Å². The summed E-state index contributed by atoms with van der Waals surface area (Å²) in [7, 11) is 0. The number of pyridine rings is 1. The molecular weight excluding hydrogens is 288 g/mol. The molecule has 21 heavy (non-hydrogen) atoms. The molecule has 0 amide bonds. The fourth-order valence-electron chi connectivity index (χ4n) is 2.01. The third-order valence-corrected chi connectivity index (χ3v) is 3.47. The zero-order chi connectivity index (χ0) is 14.7. The minimum atomic E-state index is 0.106. The van der Waals surface area contributed by atoms with Gasteiger partial charge in [-0.3, -0.25) is 4.98 Å². The standard InChI is InChI=1S/C14H13ClN6/c1-10(11-4-6-16-7-5-11)18-14-8-12(2-3-13(14)15)21-9-17-19-20-21/h2-10,18H,1H3. The molecule has 3 rings (SSSR count). The van der Waals surface area contributed by atoms with Crippen LogP contribution >= 0.6 is 11.6 Å². The summed E-state index contributed by atoms with van der Waals surface area (Å²) in [6.07, 6.45) is 5.08. The maximum Gasteiger partial charge on any atom is 0.143 e. The predicted molar refractivity (Wildman–Crippen MR) is 80.4 cm³/mol. The van der Waals surface area contributed by atoms with Crippen LogP contribution in [0.1, 0.15) is 18.5 Å². The van der Waals surface area contributed by atoms with Gasteiger partial charge in [0, 0.05) is 18.4 Å². The molecule has 7 heteroatoms. The van der Waals surface area contributed by atoms with Crippen molar-refractivity contribution in [2.75, 3.05) is 5.32 Å². The number of halogens is 1. The Labute approximate surface area is 126 Å². The summed E-state index contributed by atoms with van der Waals surface area (Å²) >= 11 is 6.25. The molecule has 1 atom stereocenters. The quantitative estimate of drug-likeness (QED) is 0.802. The van der Waals surface area contributed by atoms with Crippen LogP contribution in [0.3, 0.4) is 0 Å². The van der Waals surface area contributed by atoms with Gasteiger partial charge in [-0.25, -0.2) is 4.68 Å². The van der Waals surface area contributed by atoms with Gasteiger partial charge in [-0.1, -0.05) is 11.6 Å². The minimum absolute atomic E-state index is 0.106. The van der Waals surface area contributed by atoms with Gasteiger partial charge in [-0.2, -0.15) is 0 Å². The second kappa shape index (κ2) is 5.88. The second-order valence-electron chi connectivity index (χ2n) is 4.57. The average Bonchev–Trinajstić information content (AvgIpc) is 3.04. The van der Waals surface area contributed by atoms with Gasteiger partial charge in [0.25, 0.3) is 0 Å². The number of hydrogen-bond donors (Lipinski definition) is 1. The van der Waals surface area contributed by atoms with E-state index in [9.17, 15) is 0 Å². The Morgan fingerprint density at radius 1 is 1.19 bits per heavy atom. The number of anilines is 1. The first-order valence-electron chi connectivity index (χ1n) is 6.43. The first-order chi connectivity index (χ1) is 10.2. The van der Waals surface area contributed by atoms with E-state index in [0.717, 1.165) is 16.9 Å². The summed E-state index contributed by atoms with van der Waals surface area (Å²) in [5.74, 6) is 0. The molecule has 106 valence electrons. The van der Waals surface area contributed by atoms with Gasteiger partial charge < -0.3 is 5.32 Å². The topological polar surface area (TPSA) is 68.5 Å². The SMILES string of the molecule is CC(Nc1cc(-n2cnnn2)ccc1Cl)c1ccncc1. The van der Waals surface area contributed by atoms with Crippen LogP contribution in [0.4, 0.5) is 5.69 Å². The lowest BCUT2D eigenvalue weighted by molar-refractivity contribution is 0.788. The van der Waals surface area contributed by atoms with Crippen LogP contribution in [0.15, 0.2) is 49.1 Å². The Balaban J connectivity index is 1.86. The highest BCUT2D eigenvalue weighted by molar-refractivity contribution is 6.33. The lowest BCUT2D eigenvalue weighted by Gasteiger charge is -2.17. The molecule has 1 unspecified atom stereocenters. The molecule has 0 saturated heterocycles. The van der Waals surface area contributed by atoms with E-state index in [4.69, 9.17) is 11.6 Å². The number of aromatic nitrogens is 5. The van der Waals surface area contributed by atoms with Crippen molar-refractivity contribution in [1.29, 1.82) is 0 Å². The number of rotatable bonds is 4. The predicted octanol–water partition coefficient (Wildman–Crippen LogP) is 2.88. The van der Waals surface area contributed by atoms with E-state index in [1.54, 1.807) is 23.4 Å². The zero-order valence-corrected chi connectivity index (χ0v) is 12.1. The molecule has 1 N–H and O–H groups in total. The first-order valence-corrected chi connectivity index (χ1v) is 6.81. The molecule has 0 spiro atoms. The smallest absolute Gasteiger partial charge is 0.143 e. The third-order valence-electron chi connectivity index (χ3n) is 3.14. The van der Waals surface area contributed by atoms with Crippen molar-refractivity contribution in [3.63, 3.8) is 0 Å². The summed E-state index contributed by atoms with van der Waals surface area (Å²) < 4.78 is 1.58. The number of nitrogens with zero attached hydrogens (tertiary/aromatic N) is 5. The normalized spacial score (nSPS) is 12.1. The van der Waals surface area contributed by atoms with Crippen LogP contribution in [-0.4, -0.2) is 25.2 Å². The van der Waals surface area contributed by atoms with Crippen molar-refractivity contribution in [1.82, 2.24) is 25.2 Å². The summed E-state index contributed by atoms with van der Waals surface area (Å²) in [6, 6.07) is 9.64. The van der Waals surface area contributed by atoms with Crippen LogP contribution in [0.5, 0.6) is 0 Å². The number of tetrazole rings is 1. The molecule has 0 bridgehead atoms. The number of hydrogen-bond acceptors (Lipinski definition) is 5. The first kappa shape index (κ1) is 13.5. The van der Waals surface area contributed by atoms with E-state index in [-0.39, 0.29) is 6.04 Å². The van der Waals surface area contributed by atoms with Gasteiger partial charge in [-0.05, 0) is 53.2 Å². The van der Waals surface area contributed by atoms with Crippen LogP contribution in [-0.2, 0) is 0 Å². The lowest BCUT2D eigenvalue weighted by Crippen LogP contribution is -2.07. The summed E-state index contributed by atoms with van der Waals surface area (Å²) in [4.78, 5) is 4.02. The highest BCUT2D eigenvalue weighted by atomic mass is 35.5. The van der Waals surface area contributed by atoms with Crippen molar-refractivity contribution < 1.29 is 0 Å². The summed E-state index contributed by atoms with van der Waals surface area (Å²) in [5.41, 5.74) is 2.80. The molecule has 0 fully saturated rings. The van der Waals surface area contributed by atoms with Gasteiger partial charge in [-0.15, -0.1) is 5.10 Å². The highest BCUT2D eigenvalue weighted by Gasteiger charge is 2.09. The van der Waals surface area contributed by atoms with Crippen molar-refractivity contribution in [3.8, 4) is 5.69 Å². The molecule has 2 aromatic heterocycles. The summed E-state index contributed by atoms with van der Waals surface area (Å²) in [6.45, 7) is 2.06. The Morgan fingerprint density at radius 3 is 2.71 bits per heavy atom. The maximum atomic E-state index is 6.25. The Morgan fingerprint density at radius 2 is 2.00 bits per heavy atom. The van der Waals surface area contributed by atoms with Gasteiger partial charge >= 0.3 is 0 Å². The van der Waals surface area contributed by atoms with Crippen molar-refractivity contribution in [3.05, 3.63) is 59.6 Å². The van der Waals surface area contributed by atoms with E-state index >= 15 is 0 Å². The highest BCUT2D eigenvalue weighted by Crippen LogP contribution is 2.28. The van der Waals surface area contributed by atoms with E-state index in [1.165, 1.54) is 0 Å². The fourth-order valence-corrected chi connectivity index (χ4v) is 2.19. The Bertz CT molecular complexity index is 714. The zero-order valence-electron chi connectivity index (χ0n) is 11.3. The van der Waals surface area contributed by atoms with Gasteiger partial charge in [0.1, 0.15) is 6.33 Å². The molecule has 6 nitrogen and oxygen atoms in total. The lowest BCUT2D eigenvalue weighted by atomic mass is 10.1. The Hall–Kier alpha value is -2.47. The molecule has 0 saturated carbocycles. The molecule has 0 radical (unpaired) electrons. The van der Waals surface area contributed by atoms with E-state index in [1.807, 2.05) is 30.3 Å². The molecule has 0 aliphatic carbocycles. The molecule has 2 heterocycles. The molecule has 3 aromatic rings. The van der Waals surface area contributed by atoms with Crippen molar-refractivity contribution >= 4 is 17.3 Å². The van der Waals surface area contributed by atoms with Crippen LogP contribution in [0.25, 0.3) is 5.69 Å². The fraction of sp³-hybridized carbons (Fsp3) is 0.143. The summed E-state index contributed by atoms with van der Waals surface area (Å²) in [5, 5.41) is 15.2. The Kier molecular flexibility index (Phi) is 3.79. The van der Waals surface area contributed by atoms with E-state index in [2.05, 4.69) is 32.7 Å². The van der Waals surface area contributed by atoms with E-state index in [0.29, 0.717) is 5.02 Å². The number of benzene rings is 1. The van der Waals surface area contributed by atoms with Gasteiger partial charge in [0.05, 0.1) is 16.4 Å². The molecule has 0 aliphatic heterocycles. The average molecular weight is 301 g/mol. The van der Waals surface area contributed by atoms with Crippen LogP contribution < -0.4 is 5.32 Å². The maximum absolute atomic E-state index is 6.25. The van der Waals surface area contributed by atoms with Crippen LogP contribution in [0, 0.1) is 0 Å². The molecular formula is C14H13ClN6. The van der Waals surface area contributed by atoms with Crippen molar-refractivity contribution in [2.24, 2.45) is 0 Å². The number of nitrogens with one attached hydrogen (secondary N) is 1. The second-order valence-corrected chi connectivity index (χ2v) is 4.97. The monoisotopic (exact) mass is 300 g/mol. The molecule has 1 aromatic carbocycles. The van der Waals surface area contributed by atoms with Crippen molar-refractivity contribution in [2.45, 2.75) is 13.0 Å². The van der Waals surface area contributed by atoms with Crippen LogP contribution in [0.2, 0.25) is 5.02 Å². The third kappa shape index (κ3) is 3.00. The molecule has 0 aliphatic rings. The minimum Gasteiger partial charge on any atom is -0.377 e. The van der Waals surface area contributed by atoms with E-state index < -0.39 is 0 Å².